The van der Waals surface area contributed by atoms with E-state index in [-0.39, 0.29) is 0 Å². The third-order valence-corrected chi connectivity index (χ3v) is 3.08. The van der Waals surface area contributed by atoms with Crippen molar-refractivity contribution in [1.82, 2.24) is 4.98 Å². The maximum absolute atomic E-state index is 4.41. The lowest BCUT2D eigenvalue weighted by Crippen LogP contribution is -2.06. The fourth-order valence-electron chi connectivity index (χ4n) is 1.13. The second-order valence-corrected chi connectivity index (χ2v) is 4.59. The Morgan fingerprint density at radius 1 is 1.38 bits per heavy atom. The van der Waals surface area contributed by atoms with Crippen LogP contribution in [0.15, 0.2) is 46.9 Å². The molecule has 1 N–H and O–H groups in total. The van der Waals surface area contributed by atoms with Crippen LogP contribution in [-0.4, -0.2) is 16.4 Å². The lowest BCUT2D eigenvalue weighted by molar-refractivity contribution is 1.36. The van der Waals surface area contributed by atoms with Gasteiger partial charge in [0.15, 0.2) is 5.17 Å². The SMILES string of the molecule is CS/C(=N\c1nccs1)Nc1ccccc1. The van der Waals surface area contributed by atoms with E-state index in [2.05, 4.69) is 15.3 Å². The third-order valence-electron chi connectivity index (χ3n) is 1.83. The molecule has 0 saturated heterocycles. The largest absolute Gasteiger partial charge is 0.335 e. The van der Waals surface area contributed by atoms with Gasteiger partial charge in [-0.15, -0.1) is 11.3 Å². The molecular weight excluding hydrogens is 238 g/mol. The lowest BCUT2D eigenvalue weighted by atomic mass is 10.3. The van der Waals surface area contributed by atoms with Gasteiger partial charge in [-0.05, 0) is 18.4 Å². The first kappa shape index (κ1) is 11.2. The Labute approximate surface area is 103 Å². The van der Waals surface area contributed by atoms with Crippen LogP contribution >= 0.6 is 23.1 Å². The van der Waals surface area contributed by atoms with Crippen molar-refractivity contribution in [2.75, 3.05) is 11.6 Å². The second kappa shape index (κ2) is 5.67. The van der Waals surface area contributed by atoms with E-state index in [0.717, 1.165) is 16.0 Å². The van der Waals surface area contributed by atoms with Gasteiger partial charge in [0.1, 0.15) is 0 Å². The molecule has 0 aliphatic rings. The van der Waals surface area contributed by atoms with Gasteiger partial charge < -0.3 is 5.32 Å². The Kier molecular flexibility index (Phi) is 3.96. The Balaban J connectivity index is 2.12. The van der Waals surface area contributed by atoms with E-state index in [1.165, 1.54) is 11.3 Å². The number of aromatic nitrogens is 1. The monoisotopic (exact) mass is 249 g/mol. The average molecular weight is 249 g/mol. The maximum Gasteiger partial charge on any atom is 0.211 e. The first-order valence-electron chi connectivity index (χ1n) is 4.73. The van der Waals surface area contributed by atoms with Crippen molar-refractivity contribution in [3.05, 3.63) is 41.9 Å². The molecule has 16 heavy (non-hydrogen) atoms. The molecule has 0 atom stereocenters. The van der Waals surface area contributed by atoms with E-state index in [0.29, 0.717) is 0 Å². The van der Waals surface area contributed by atoms with E-state index in [1.54, 1.807) is 18.0 Å². The van der Waals surface area contributed by atoms with E-state index in [1.807, 2.05) is 42.0 Å². The highest BCUT2D eigenvalue weighted by Gasteiger charge is 1.99. The summed E-state index contributed by atoms with van der Waals surface area (Å²) >= 11 is 3.09. The summed E-state index contributed by atoms with van der Waals surface area (Å²) < 4.78 is 0. The molecule has 1 heterocycles. The molecule has 1 aromatic heterocycles. The van der Waals surface area contributed by atoms with E-state index < -0.39 is 0 Å². The summed E-state index contributed by atoms with van der Waals surface area (Å²) in [6, 6.07) is 9.98. The number of benzene rings is 1. The molecule has 0 spiro atoms. The molecular formula is C11H11N3S2. The number of hydrogen-bond donors (Lipinski definition) is 1. The van der Waals surface area contributed by atoms with Gasteiger partial charge in [-0.25, -0.2) is 4.98 Å². The van der Waals surface area contributed by atoms with Crippen LogP contribution in [0.25, 0.3) is 0 Å². The van der Waals surface area contributed by atoms with Crippen LogP contribution in [0.2, 0.25) is 0 Å². The molecule has 2 aromatic rings. The first-order valence-corrected chi connectivity index (χ1v) is 6.83. The topological polar surface area (TPSA) is 37.3 Å². The molecule has 82 valence electrons. The van der Waals surface area contributed by atoms with Crippen molar-refractivity contribution in [2.24, 2.45) is 4.99 Å². The summed E-state index contributed by atoms with van der Waals surface area (Å²) in [6.45, 7) is 0. The van der Waals surface area contributed by atoms with Crippen LogP contribution < -0.4 is 5.32 Å². The summed E-state index contributed by atoms with van der Waals surface area (Å²) in [6.07, 6.45) is 3.74. The Morgan fingerprint density at radius 3 is 2.81 bits per heavy atom. The fourth-order valence-corrected chi connectivity index (χ4v) is 2.09. The van der Waals surface area contributed by atoms with Gasteiger partial charge in [-0.3, -0.25) is 0 Å². The quantitative estimate of drug-likeness (QED) is 0.652. The Morgan fingerprint density at radius 2 is 2.19 bits per heavy atom. The van der Waals surface area contributed by atoms with Crippen molar-refractivity contribution < 1.29 is 0 Å². The number of rotatable bonds is 2. The smallest absolute Gasteiger partial charge is 0.211 e. The van der Waals surface area contributed by atoms with Crippen molar-refractivity contribution in [3.8, 4) is 0 Å². The molecule has 0 bridgehead atoms. The number of aliphatic imine (C=N–C) groups is 1. The van der Waals surface area contributed by atoms with Crippen LogP contribution in [0.5, 0.6) is 0 Å². The molecule has 0 amide bonds. The number of nitrogens with one attached hydrogen (secondary N) is 1. The minimum absolute atomic E-state index is 0.771. The zero-order valence-corrected chi connectivity index (χ0v) is 10.4. The van der Waals surface area contributed by atoms with Gasteiger partial charge in [-0.2, -0.15) is 4.99 Å². The Bertz CT molecular complexity index is 451. The zero-order chi connectivity index (χ0) is 11.2. The van der Waals surface area contributed by atoms with Gasteiger partial charge in [0.05, 0.1) is 0 Å². The minimum Gasteiger partial charge on any atom is -0.335 e. The number of thioether (sulfide) groups is 1. The first-order chi connectivity index (χ1) is 7.88. The van der Waals surface area contributed by atoms with E-state index in [9.17, 15) is 0 Å². The molecule has 3 nitrogen and oxygen atoms in total. The molecule has 2 rings (SSSR count). The fraction of sp³-hybridized carbons (Fsp3) is 0.0909. The number of amidine groups is 1. The third kappa shape index (κ3) is 3.08. The van der Waals surface area contributed by atoms with Crippen LogP contribution in [0, 0.1) is 0 Å². The van der Waals surface area contributed by atoms with Crippen molar-refractivity contribution in [2.45, 2.75) is 0 Å². The zero-order valence-electron chi connectivity index (χ0n) is 8.75. The molecule has 5 heteroatoms. The number of thiazole rings is 1. The predicted octanol–water partition coefficient (Wildman–Crippen LogP) is 3.61. The van der Waals surface area contributed by atoms with Crippen molar-refractivity contribution in [1.29, 1.82) is 0 Å². The molecule has 0 aliphatic heterocycles. The van der Waals surface area contributed by atoms with Crippen LogP contribution in [0.1, 0.15) is 0 Å². The summed E-state index contributed by atoms with van der Waals surface area (Å²) in [5.74, 6) is 0. The van der Waals surface area contributed by atoms with Gasteiger partial charge in [-0.1, -0.05) is 30.0 Å². The van der Waals surface area contributed by atoms with Gasteiger partial charge in [0.25, 0.3) is 0 Å². The summed E-state index contributed by atoms with van der Waals surface area (Å²) in [5, 5.41) is 6.78. The van der Waals surface area contributed by atoms with Crippen molar-refractivity contribution >= 4 is 39.1 Å². The minimum atomic E-state index is 0.771. The molecule has 0 aliphatic carbocycles. The lowest BCUT2D eigenvalue weighted by Gasteiger charge is -2.05. The molecule has 0 saturated carbocycles. The van der Waals surface area contributed by atoms with Crippen LogP contribution in [0.3, 0.4) is 0 Å². The summed E-state index contributed by atoms with van der Waals surface area (Å²) in [7, 11) is 0. The predicted molar refractivity (Wildman–Crippen MR) is 72.8 cm³/mol. The number of para-hydroxylation sites is 1. The van der Waals surface area contributed by atoms with Crippen molar-refractivity contribution in [3.63, 3.8) is 0 Å². The standard InChI is InChI=1S/C11H11N3S2/c1-15-11(14-10-12-7-8-16-10)13-9-5-3-2-4-6-9/h2-8H,1H3,(H,12,13,14). The maximum atomic E-state index is 4.41. The van der Waals surface area contributed by atoms with E-state index >= 15 is 0 Å². The van der Waals surface area contributed by atoms with Crippen LogP contribution in [-0.2, 0) is 0 Å². The molecule has 0 fully saturated rings. The number of hydrogen-bond acceptors (Lipinski definition) is 4. The highest BCUT2D eigenvalue weighted by molar-refractivity contribution is 8.13. The normalized spacial score (nSPS) is 11.4. The van der Waals surface area contributed by atoms with Crippen LogP contribution in [0.4, 0.5) is 10.8 Å². The molecule has 0 unspecified atom stereocenters. The van der Waals surface area contributed by atoms with Gasteiger partial charge in [0, 0.05) is 17.3 Å². The molecule has 1 aromatic carbocycles. The highest BCUT2D eigenvalue weighted by atomic mass is 32.2. The summed E-state index contributed by atoms with van der Waals surface area (Å²) in [5.41, 5.74) is 1.03. The molecule has 0 radical (unpaired) electrons. The Hall–Kier alpha value is -1.33. The second-order valence-electron chi connectivity index (χ2n) is 2.93. The van der Waals surface area contributed by atoms with Gasteiger partial charge >= 0.3 is 0 Å². The number of nitrogens with zero attached hydrogens (tertiary/aromatic N) is 2. The summed E-state index contributed by atoms with van der Waals surface area (Å²) in [4.78, 5) is 8.53. The average Bonchev–Trinajstić information content (AvgIpc) is 2.82. The van der Waals surface area contributed by atoms with E-state index in [4.69, 9.17) is 0 Å². The highest BCUT2D eigenvalue weighted by Crippen LogP contribution is 2.18. The van der Waals surface area contributed by atoms with Gasteiger partial charge in [0.2, 0.25) is 5.13 Å². The number of anilines is 1.